The fourth-order valence-electron chi connectivity index (χ4n) is 1.84. The molecule has 1 aliphatic rings. The maximum absolute atomic E-state index is 11.7. The molecule has 0 spiro atoms. The number of aliphatic hydroxyl groups excluding tert-OH is 1. The molecule has 96 valence electrons. The Kier molecular flexibility index (Phi) is 3.59. The van der Waals surface area contributed by atoms with E-state index in [0.717, 1.165) is 5.06 Å². The first-order chi connectivity index (χ1) is 8.58. The normalized spacial score (nSPS) is 23.8. The predicted octanol–water partition coefficient (Wildman–Crippen LogP) is 0.278. The van der Waals surface area contributed by atoms with E-state index in [9.17, 15) is 14.7 Å². The van der Waals surface area contributed by atoms with Crippen molar-refractivity contribution in [1.29, 1.82) is 0 Å². The quantitative estimate of drug-likeness (QED) is 0.802. The summed E-state index contributed by atoms with van der Waals surface area (Å²) in [6.07, 6.45) is -0.744. The maximum atomic E-state index is 11.7. The first-order valence-corrected chi connectivity index (χ1v) is 5.53. The number of aliphatic carboxylic acids is 1. The third kappa shape index (κ3) is 2.66. The smallest absolute Gasteiger partial charge is 0.357 e. The van der Waals surface area contributed by atoms with Crippen LogP contribution in [0.2, 0.25) is 0 Å². The Balaban J connectivity index is 2.05. The van der Waals surface area contributed by atoms with Crippen LogP contribution in [0.4, 0.5) is 0 Å². The zero-order valence-electron chi connectivity index (χ0n) is 9.52. The molecule has 0 amide bonds. The van der Waals surface area contributed by atoms with Gasteiger partial charge in [-0.1, -0.05) is 18.2 Å². The standard InChI is InChI=1S/C12H13NO5/c14-9-6-10(11(15)16)13(7-9)18-12(17)8-4-2-1-3-5-8/h1-5,9-10,14H,6-7H2,(H,15,16). The van der Waals surface area contributed by atoms with Crippen LogP contribution in [0.3, 0.4) is 0 Å². The lowest BCUT2D eigenvalue weighted by Gasteiger charge is -2.19. The Labute approximate surface area is 103 Å². The summed E-state index contributed by atoms with van der Waals surface area (Å²) in [6, 6.07) is 7.28. The zero-order chi connectivity index (χ0) is 13.1. The lowest BCUT2D eigenvalue weighted by molar-refractivity contribution is -0.163. The number of carbonyl (C=O) groups excluding carboxylic acids is 1. The van der Waals surface area contributed by atoms with Crippen molar-refractivity contribution in [3.8, 4) is 0 Å². The number of nitrogens with zero attached hydrogens (tertiary/aromatic N) is 1. The topological polar surface area (TPSA) is 87.1 Å². The van der Waals surface area contributed by atoms with Crippen LogP contribution in [0.5, 0.6) is 0 Å². The van der Waals surface area contributed by atoms with Crippen molar-refractivity contribution in [3.05, 3.63) is 35.9 Å². The van der Waals surface area contributed by atoms with Crippen LogP contribution in [-0.2, 0) is 9.63 Å². The number of benzene rings is 1. The second-order valence-electron chi connectivity index (χ2n) is 4.09. The highest BCUT2D eigenvalue weighted by molar-refractivity contribution is 5.89. The number of hydroxylamine groups is 2. The molecule has 0 radical (unpaired) electrons. The minimum absolute atomic E-state index is 0.00946. The fraction of sp³-hybridized carbons (Fsp3) is 0.333. The molecule has 18 heavy (non-hydrogen) atoms. The number of β-amino-alcohol motifs (C(OH)–C–C–N with tert-alkyl or cyclic N) is 1. The number of carboxylic acid groups (broad SMARTS) is 1. The molecular weight excluding hydrogens is 238 g/mol. The fourth-order valence-corrected chi connectivity index (χ4v) is 1.84. The molecule has 2 rings (SSSR count). The van der Waals surface area contributed by atoms with Gasteiger partial charge in [-0.25, -0.2) is 4.79 Å². The number of carbonyl (C=O) groups is 2. The Bertz CT molecular complexity index is 447. The number of hydrogen-bond acceptors (Lipinski definition) is 5. The molecule has 1 saturated heterocycles. The molecule has 1 aromatic carbocycles. The number of carboxylic acids is 1. The number of rotatable bonds is 3. The van der Waals surface area contributed by atoms with Crippen LogP contribution >= 0.6 is 0 Å². The van der Waals surface area contributed by atoms with E-state index in [0.29, 0.717) is 5.56 Å². The monoisotopic (exact) mass is 251 g/mol. The van der Waals surface area contributed by atoms with E-state index in [2.05, 4.69) is 0 Å². The number of hydrogen-bond donors (Lipinski definition) is 2. The Morgan fingerprint density at radius 3 is 2.56 bits per heavy atom. The van der Waals surface area contributed by atoms with Gasteiger partial charge in [-0.05, 0) is 12.1 Å². The molecule has 1 aromatic rings. The highest BCUT2D eigenvalue weighted by Gasteiger charge is 2.38. The maximum Gasteiger partial charge on any atom is 0.357 e. The van der Waals surface area contributed by atoms with E-state index < -0.39 is 24.1 Å². The molecule has 0 bridgehead atoms. The van der Waals surface area contributed by atoms with Gasteiger partial charge < -0.3 is 15.1 Å². The minimum Gasteiger partial charge on any atom is -0.480 e. The van der Waals surface area contributed by atoms with E-state index in [1.54, 1.807) is 30.3 Å². The molecule has 2 atom stereocenters. The van der Waals surface area contributed by atoms with Crippen LogP contribution in [-0.4, -0.2) is 45.9 Å². The summed E-state index contributed by atoms with van der Waals surface area (Å²) in [5.74, 6) is -1.75. The summed E-state index contributed by atoms with van der Waals surface area (Å²) in [5.41, 5.74) is 0.336. The lowest BCUT2D eigenvalue weighted by Crippen LogP contribution is -2.37. The first kappa shape index (κ1) is 12.5. The zero-order valence-corrected chi connectivity index (χ0v) is 9.52. The summed E-state index contributed by atoms with van der Waals surface area (Å²) in [4.78, 5) is 27.7. The molecule has 0 aliphatic carbocycles. The van der Waals surface area contributed by atoms with E-state index >= 15 is 0 Å². The van der Waals surface area contributed by atoms with Crippen molar-refractivity contribution in [2.24, 2.45) is 0 Å². The minimum atomic E-state index is -1.12. The van der Waals surface area contributed by atoms with Crippen LogP contribution in [0.1, 0.15) is 16.8 Å². The summed E-state index contributed by atoms with van der Waals surface area (Å²) < 4.78 is 0. The largest absolute Gasteiger partial charge is 0.480 e. The van der Waals surface area contributed by atoms with E-state index in [-0.39, 0.29) is 13.0 Å². The van der Waals surface area contributed by atoms with Gasteiger partial charge in [-0.2, -0.15) is 0 Å². The third-order valence-corrected chi connectivity index (χ3v) is 2.73. The van der Waals surface area contributed by atoms with Gasteiger partial charge in [0.05, 0.1) is 18.2 Å². The summed E-state index contributed by atoms with van der Waals surface area (Å²) in [7, 11) is 0. The Hall–Kier alpha value is -1.92. The van der Waals surface area contributed by atoms with Gasteiger partial charge >= 0.3 is 11.9 Å². The Morgan fingerprint density at radius 1 is 1.28 bits per heavy atom. The molecule has 2 N–H and O–H groups in total. The average molecular weight is 251 g/mol. The van der Waals surface area contributed by atoms with Gasteiger partial charge in [0.15, 0.2) is 0 Å². The SMILES string of the molecule is O=C(ON1CC(O)CC1C(=O)O)c1ccccc1. The van der Waals surface area contributed by atoms with Gasteiger partial charge in [0, 0.05) is 6.42 Å². The summed E-state index contributed by atoms with van der Waals surface area (Å²) >= 11 is 0. The second kappa shape index (κ2) is 5.16. The van der Waals surface area contributed by atoms with E-state index in [1.165, 1.54) is 0 Å². The third-order valence-electron chi connectivity index (χ3n) is 2.73. The average Bonchev–Trinajstić information content (AvgIpc) is 2.71. The molecule has 0 aromatic heterocycles. The molecule has 2 unspecified atom stereocenters. The molecule has 1 heterocycles. The van der Waals surface area contributed by atoms with Crippen LogP contribution < -0.4 is 0 Å². The Morgan fingerprint density at radius 2 is 1.94 bits per heavy atom. The summed E-state index contributed by atoms with van der Waals surface area (Å²) in [5, 5.41) is 19.4. The van der Waals surface area contributed by atoms with Crippen molar-refractivity contribution in [1.82, 2.24) is 5.06 Å². The van der Waals surface area contributed by atoms with Crippen molar-refractivity contribution in [2.45, 2.75) is 18.6 Å². The highest BCUT2D eigenvalue weighted by Crippen LogP contribution is 2.19. The van der Waals surface area contributed by atoms with Gasteiger partial charge in [0.25, 0.3) is 0 Å². The van der Waals surface area contributed by atoms with E-state index in [4.69, 9.17) is 9.94 Å². The van der Waals surface area contributed by atoms with Crippen molar-refractivity contribution in [2.75, 3.05) is 6.54 Å². The van der Waals surface area contributed by atoms with Crippen molar-refractivity contribution >= 4 is 11.9 Å². The van der Waals surface area contributed by atoms with Crippen molar-refractivity contribution < 1.29 is 24.6 Å². The molecule has 1 aliphatic heterocycles. The van der Waals surface area contributed by atoms with Crippen molar-refractivity contribution in [3.63, 3.8) is 0 Å². The van der Waals surface area contributed by atoms with E-state index in [1.807, 2.05) is 0 Å². The molecular formula is C12H13NO5. The number of aliphatic hydroxyl groups is 1. The molecule has 6 nitrogen and oxygen atoms in total. The van der Waals surface area contributed by atoms with Crippen LogP contribution in [0.15, 0.2) is 30.3 Å². The highest BCUT2D eigenvalue weighted by atomic mass is 16.7. The molecule has 6 heteroatoms. The molecule has 0 saturated carbocycles. The van der Waals surface area contributed by atoms with Gasteiger partial charge in [0.2, 0.25) is 0 Å². The van der Waals surface area contributed by atoms with Crippen LogP contribution in [0, 0.1) is 0 Å². The van der Waals surface area contributed by atoms with Gasteiger partial charge in [0.1, 0.15) is 6.04 Å². The van der Waals surface area contributed by atoms with Crippen LogP contribution in [0.25, 0.3) is 0 Å². The first-order valence-electron chi connectivity index (χ1n) is 5.53. The van der Waals surface area contributed by atoms with Gasteiger partial charge in [-0.3, -0.25) is 4.79 Å². The summed E-state index contributed by atoms with van der Waals surface area (Å²) in [6.45, 7) is 0.00946. The second-order valence-corrected chi connectivity index (χ2v) is 4.09. The van der Waals surface area contributed by atoms with Gasteiger partial charge in [-0.15, -0.1) is 5.06 Å². The lowest BCUT2D eigenvalue weighted by atomic mass is 10.2. The predicted molar refractivity (Wildman–Crippen MR) is 60.6 cm³/mol. The molecule has 1 fully saturated rings.